The summed E-state index contributed by atoms with van der Waals surface area (Å²) in [7, 11) is 0. The number of aliphatic hydroxyl groups is 1. The van der Waals surface area contributed by atoms with E-state index in [0.717, 1.165) is 44.2 Å². The molecule has 1 saturated carbocycles. The van der Waals surface area contributed by atoms with E-state index in [2.05, 4.69) is 5.32 Å². The molecule has 1 aliphatic carbocycles. The standard InChI is InChI=1S/C15H22FNO/c16-15-7-3-2-6-14(15)12-10-13(11-12)17-8-4-1-5-9-18/h2-3,6-7,12-13,17-18H,1,4-5,8-11H2. The van der Waals surface area contributed by atoms with Crippen LogP contribution in [0.15, 0.2) is 24.3 Å². The van der Waals surface area contributed by atoms with Gasteiger partial charge in [0, 0.05) is 12.6 Å². The molecule has 0 spiro atoms. The second-order valence-electron chi connectivity index (χ2n) is 5.13. The molecule has 0 aromatic heterocycles. The van der Waals surface area contributed by atoms with Crippen LogP contribution in [-0.2, 0) is 0 Å². The summed E-state index contributed by atoms with van der Waals surface area (Å²) in [4.78, 5) is 0. The van der Waals surface area contributed by atoms with Crippen LogP contribution in [0.4, 0.5) is 4.39 Å². The van der Waals surface area contributed by atoms with Gasteiger partial charge in [-0.3, -0.25) is 0 Å². The summed E-state index contributed by atoms with van der Waals surface area (Å²) in [5.41, 5.74) is 0.871. The van der Waals surface area contributed by atoms with Gasteiger partial charge in [-0.05, 0) is 56.2 Å². The van der Waals surface area contributed by atoms with Crippen molar-refractivity contribution in [2.45, 2.75) is 44.1 Å². The summed E-state index contributed by atoms with van der Waals surface area (Å²) in [6.07, 6.45) is 5.17. The average molecular weight is 251 g/mol. The molecule has 0 atom stereocenters. The molecule has 0 unspecified atom stereocenters. The minimum Gasteiger partial charge on any atom is -0.396 e. The predicted octanol–water partition coefficient (Wildman–Crippen LogP) is 2.82. The Kier molecular flexibility index (Phi) is 5.14. The molecular weight excluding hydrogens is 229 g/mol. The maximum absolute atomic E-state index is 13.5. The van der Waals surface area contributed by atoms with E-state index in [4.69, 9.17) is 5.11 Å². The van der Waals surface area contributed by atoms with Crippen molar-refractivity contribution >= 4 is 0 Å². The minimum absolute atomic E-state index is 0.0658. The number of halogens is 1. The first-order valence-corrected chi connectivity index (χ1v) is 6.90. The lowest BCUT2D eigenvalue weighted by Gasteiger charge is -2.36. The van der Waals surface area contributed by atoms with Crippen molar-refractivity contribution in [3.05, 3.63) is 35.6 Å². The van der Waals surface area contributed by atoms with Gasteiger partial charge in [0.2, 0.25) is 0 Å². The van der Waals surface area contributed by atoms with Crippen LogP contribution in [0.2, 0.25) is 0 Å². The zero-order chi connectivity index (χ0) is 12.8. The molecular formula is C15H22FNO. The molecule has 0 bridgehead atoms. The van der Waals surface area contributed by atoms with Crippen molar-refractivity contribution in [2.75, 3.05) is 13.2 Å². The van der Waals surface area contributed by atoms with Crippen LogP contribution in [0.1, 0.15) is 43.6 Å². The van der Waals surface area contributed by atoms with E-state index in [1.165, 1.54) is 0 Å². The van der Waals surface area contributed by atoms with Gasteiger partial charge in [0.1, 0.15) is 5.82 Å². The van der Waals surface area contributed by atoms with Gasteiger partial charge in [-0.25, -0.2) is 4.39 Å². The van der Waals surface area contributed by atoms with Crippen molar-refractivity contribution in [3.63, 3.8) is 0 Å². The highest BCUT2D eigenvalue weighted by Gasteiger charge is 2.31. The van der Waals surface area contributed by atoms with Crippen LogP contribution in [0, 0.1) is 5.82 Å². The molecule has 0 aliphatic heterocycles. The highest BCUT2D eigenvalue weighted by molar-refractivity contribution is 5.24. The minimum atomic E-state index is -0.0658. The summed E-state index contributed by atoms with van der Waals surface area (Å²) < 4.78 is 13.5. The molecule has 0 amide bonds. The Balaban J connectivity index is 1.64. The van der Waals surface area contributed by atoms with E-state index in [0.29, 0.717) is 18.6 Å². The molecule has 18 heavy (non-hydrogen) atoms. The second-order valence-corrected chi connectivity index (χ2v) is 5.13. The fourth-order valence-corrected chi connectivity index (χ4v) is 2.56. The Bertz CT molecular complexity index is 363. The number of hydrogen-bond acceptors (Lipinski definition) is 2. The van der Waals surface area contributed by atoms with Gasteiger partial charge in [-0.2, -0.15) is 0 Å². The highest BCUT2D eigenvalue weighted by atomic mass is 19.1. The molecule has 1 aliphatic rings. The first-order chi connectivity index (χ1) is 8.81. The van der Waals surface area contributed by atoms with Gasteiger partial charge in [0.15, 0.2) is 0 Å². The van der Waals surface area contributed by atoms with Crippen molar-refractivity contribution in [1.29, 1.82) is 0 Å². The normalized spacial score (nSPS) is 22.8. The topological polar surface area (TPSA) is 32.3 Å². The fourth-order valence-electron chi connectivity index (χ4n) is 2.56. The third-order valence-corrected chi connectivity index (χ3v) is 3.75. The predicted molar refractivity (Wildman–Crippen MR) is 71.1 cm³/mol. The second kappa shape index (κ2) is 6.86. The molecule has 0 heterocycles. The van der Waals surface area contributed by atoms with Crippen LogP contribution < -0.4 is 5.32 Å². The van der Waals surface area contributed by atoms with E-state index in [9.17, 15) is 4.39 Å². The first kappa shape index (κ1) is 13.5. The molecule has 3 heteroatoms. The summed E-state index contributed by atoms with van der Waals surface area (Å²) in [6.45, 7) is 1.30. The Hall–Kier alpha value is -0.930. The Morgan fingerprint density at radius 1 is 1.17 bits per heavy atom. The first-order valence-electron chi connectivity index (χ1n) is 6.90. The maximum atomic E-state index is 13.5. The van der Waals surface area contributed by atoms with Gasteiger partial charge in [0.25, 0.3) is 0 Å². The quantitative estimate of drug-likeness (QED) is 0.730. The fraction of sp³-hybridized carbons (Fsp3) is 0.600. The molecule has 0 saturated heterocycles. The number of rotatable bonds is 7. The SMILES string of the molecule is OCCCCCNC1CC(c2ccccc2F)C1. The maximum Gasteiger partial charge on any atom is 0.126 e. The van der Waals surface area contributed by atoms with Gasteiger partial charge >= 0.3 is 0 Å². The number of benzene rings is 1. The lowest BCUT2D eigenvalue weighted by atomic mass is 9.75. The van der Waals surface area contributed by atoms with E-state index in [1.54, 1.807) is 12.1 Å². The largest absolute Gasteiger partial charge is 0.396 e. The lowest BCUT2D eigenvalue weighted by Crippen LogP contribution is -2.40. The zero-order valence-corrected chi connectivity index (χ0v) is 10.7. The van der Waals surface area contributed by atoms with Crippen LogP contribution in [0.25, 0.3) is 0 Å². The summed E-state index contributed by atoms with van der Waals surface area (Å²) in [6, 6.07) is 7.65. The van der Waals surface area contributed by atoms with Crippen molar-refractivity contribution in [2.24, 2.45) is 0 Å². The molecule has 1 aromatic rings. The summed E-state index contributed by atoms with van der Waals surface area (Å²) in [5, 5.41) is 12.2. The van der Waals surface area contributed by atoms with Crippen LogP contribution in [-0.4, -0.2) is 24.3 Å². The summed E-state index contributed by atoms with van der Waals surface area (Å²) in [5.74, 6) is 0.324. The number of nitrogens with one attached hydrogen (secondary N) is 1. The van der Waals surface area contributed by atoms with E-state index >= 15 is 0 Å². The smallest absolute Gasteiger partial charge is 0.126 e. The van der Waals surface area contributed by atoms with Crippen molar-refractivity contribution in [3.8, 4) is 0 Å². The van der Waals surface area contributed by atoms with E-state index < -0.39 is 0 Å². The van der Waals surface area contributed by atoms with Gasteiger partial charge in [-0.1, -0.05) is 18.2 Å². The van der Waals surface area contributed by atoms with Crippen molar-refractivity contribution < 1.29 is 9.50 Å². The number of hydrogen-bond donors (Lipinski definition) is 2. The monoisotopic (exact) mass is 251 g/mol. The molecule has 2 N–H and O–H groups in total. The Morgan fingerprint density at radius 2 is 1.94 bits per heavy atom. The number of unbranched alkanes of at least 4 members (excludes halogenated alkanes) is 2. The summed E-state index contributed by atoms with van der Waals surface area (Å²) >= 11 is 0. The Labute approximate surface area is 108 Å². The average Bonchev–Trinajstić information content (AvgIpc) is 2.33. The van der Waals surface area contributed by atoms with Gasteiger partial charge in [-0.15, -0.1) is 0 Å². The molecule has 2 rings (SSSR count). The third-order valence-electron chi connectivity index (χ3n) is 3.75. The van der Waals surface area contributed by atoms with E-state index in [1.807, 2.05) is 12.1 Å². The highest BCUT2D eigenvalue weighted by Crippen LogP contribution is 2.37. The Morgan fingerprint density at radius 3 is 2.67 bits per heavy atom. The molecule has 2 nitrogen and oxygen atoms in total. The lowest BCUT2D eigenvalue weighted by molar-refractivity contribution is 0.271. The van der Waals surface area contributed by atoms with Crippen molar-refractivity contribution in [1.82, 2.24) is 5.32 Å². The third kappa shape index (κ3) is 3.53. The van der Waals surface area contributed by atoms with Crippen LogP contribution in [0.5, 0.6) is 0 Å². The number of aliphatic hydroxyl groups excluding tert-OH is 1. The van der Waals surface area contributed by atoms with Crippen LogP contribution in [0.3, 0.4) is 0 Å². The molecule has 0 radical (unpaired) electrons. The zero-order valence-electron chi connectivity index (χ0n) is 10.7. The van der Waals surface area contributed by atoms with E-state index in [-0.39, 0.29) is 5.82 Å². The van der Waals surface area contributed by atoms with Crippen LogP contribution >= 0.6 is 0 Å². The molecule has 100 valence electrons. The van der Waals surface area contributed by atoms with Gasteiger partial charge in [0.05, 0.1) is 0 Å². The molecule has 1 aromatic carbocycles. The molecule has 1 fully saturated rings. The van der Waals surface area contributed by atoms with Gasteiger partial charge < -0.3 is 10.4 Å².